The van der Waals surface area contributed by atoms with E-state index in [2.05, 4.69) is 10.5 Å². The topological polar surface area (TPSA) is 50.7 Å². The second kappa shape index (κ2) is 9.40. The number of carbonyl (C=O) groups is 1. The molecule has 0 aromatic heterocycles. The van der Waals surface area contributed by atoms with Gasteiger partial charge in [-0.05, 0) is 30.7 Å². The van der Waals surface area contributed by atoms with Crippen molar-refractivity contribution in [2.24, 2.45) is 5.10 Å². The molecule has 142 valence electrons. The largest absolute Gasteiger partial charge is 0.483 e. The van der Waals surface area contributed by atoms with E-state index in [1.807, 2.05) is 54.6 Å². The standard InChI is InChI=1S/C22H18Cl2N2O2/c1-15(18-12-11-17(23)13-20(18)24)25-26-22(27)14-28-21-10-6-5-9-19(21)16-7-3-2-4-8-16/h2-13H,14H2,1H3,(H,26,27)/b25-15-. The van der Waals surface area contributed by atoms with E-state index >= 15 is 0 Å². The Labute approximate surface area is 173 Å². The molecule has 6 heteroatoms. The number of benzene rings is 3. The first-order valence-corrected chi connectivity index (χ1v) is 9.36. The van der Waals surface area contributed by atoms with Crippen molar-refractivity contribution < 1.29 is 9.53 Å². The summed E-state index contributed by atoms with van der Waals surface area (Å²) in [5, 5.41) is 5.09. The van der Waals surface area contributed by atoms with Crippen molar-refractivity contribution in [2.45, 2.75) is 6.92 Å². The molecule has 0 aliphatic rings. The highest BCUT2D eigenvalue weighted by Crippen LogP contribution is 2.29. The van der Waals surface area contributed by atoms with Gasteiger partial charge in [0.1, 0.15) is 5.75 Å². The molecule has 28 heavy (non-hydrogen) atoms. The molecular weight excluding hydrogens is 395 g/mol. The molecular formula is C22H18Cl2N2O2. The van der Waals surface area contributed by atoms with Gasteiger partial charge in [0.25, 0.3) is 5.91 Å². The van der Waals surface area contributed by atoms with Gasteiger partial charge in [0.05, 0.1) is 10.7 Å². The van der Waals surface area contributed by atoms with E-state index in [-0.39, 0.29) is 12.5 Å². The summed E-state index contributed by atoms with van der Waals surface area (Å²) in [5.41, 5.74) is 5.69. The second-order valence-electron chi connectivity index (χ2n) is 6.01. The van der Waals surface area contributed by atoms with E-state index in [0.717, 1.165) is 11.1 Å². The third kappa shape index (κ3) is 5.12. The van der Waals surface area contributed by atoms with Crippen LogP contribution in [0.15, 0.2) is 77.9 Å². The van der Waals surface area contributed by atoms with Crippen LogP contribution in [-0.2, 0) is 4.79 Å². The van der Waals surface area contributed by atoms with Crippen LogP contribution in [0.1, 0.15) is 12.5 Å². The molecule has 0 radical (unpaired) electrons. The fraction of sp³-hybridized carbons (Fsp3) is 0.0909. The predicted octanol–water partition coefficient (Wildman–Crippen LogP) is 5.58. The molecule has 4 nitrogen and oxygen atoms in total. The summed E-state index contributed by atoms with van der Waals surface area (Å²) in [7, 11) is 0. The number of carbonyl (C=O) groups excluding carboxylic acids is 1. The van der Waals surface area contributed by atoms with Crippen molar-refractivity contribution in [2.75, 3.05) is 6.61 Å². The molecule has 0 bridgehead atoms. The fourth-order valence-electron chi connectivity index (χ4n) is 2.61. The molecule has 0 unspecified atom stereocenters. The zero-order valence-electron chi connectivity index (χ0n) is 15.2. The molecule has 3 aromatic rings. The van der Waals surface area contributed by atoms with Crippen LogP contribution in [0.5, 0.6) is 5.75 Å². The molecule has 0 saturated carbocycles. The molecule has 1 amide bonds. The monoisotopic (exact) mass is 412 g/mol. The smallest absolute Gasteiger partial charge is 0.277 e. The molecule has 0 aliphatic carbocycles. The van der Waals surface area contributed by atoms with Crippen LogP contribution in [-0.4, -0.2) is 18.2 Å². The van der Waals surface area contributed by atoms with Crippen LogP contribution in [0.3, 0.4) is 0 Å². The van der Waals surface area contributed by atoms with Crippen LogP contribution < -0.4 is 10.2 Å². The van der Waals surface area contributed by atoms with Crippen molar-refractivity contribution >= 4 is 34.8 Å². The van der Waals surface area contributed by atoms with Gasteiger partial charge in [-0.25, -0.2) is 5.43 Å². The SMILES string of the molecule is C/C(=N/NC(=O)COc1ccccc1-c1ccccc1)c1ccc(Cl)cc1Cl. The fourth-order valence-corrected chi connectivity index (χ4v) is 3.16. The minimum absolute atomic E-state index is 0.158. The first-order valence-electron chi connectivity index (χ1n) is 8.60. The third-order valence-electron chi connectivity index (χ3n) is 4.00. The molecule has 0 aliphatic heterocycles. The zero-order valence-corrected chi connectivity index (χ0v) is 16.7. The number of nitrogens with one attached hydrogen (secondary N) is 1. The minimum Gasteiger partial charge on any atom is -0.483 e. The normalized spacial score (nSPS) is 11.2. The predicted molar refractivity (Wildman–Crippen MR) is 114 cm³/mol. The Balaban J connectivity index is 1.64. The van der Waals surface area contributed by atoms with Crippen LogP contribution in [0.2, 0.25) is 10.0 Å². The van der Waals surface area contributed by atoms with Crippen molar-refractivity contribution in [1.29, 1.82) is 0 Å². The highest BCUT2D eigenvalue weighted by molar-refractivity contribution is 6.37. The summed E-state index contributed by atoms with van der Waals surface area (Å²) in [4.78, 5) is 12.1. The molecule has 0 heterocycles. The van der Waals surface area contributed by atoms with Crippen molar-refractivity contribution in [3.05, 3.63) is 88.4 Å². The number of amides is 1. The summed E-state index contributed by atoms with van der Waals surface area (Å²) < 4.78 is 5.71. The average Bonchev–Trinajstić information content (AvgIpc) is 2.71. The van der Waals surface area contributed by atoms with E-state index in [9.17, 15) is 4.79 Å². The lowest BCUT2D eigenvalue weighted by Gasteiger charge is -2.11. The van der Waals surface area contributed by atoms with Crippen molar-refractivity contribution in [3.8, 4) is 16.9 Å². The number of ether oxygens (including phenoxy) is 1. The molecule has 1 N–H and O–H groups in total. The van der Waals surface area contributed by atoms with Crippen LogP contribution in [0.4, 0.5) is 0 Å². The second-order valence-corrected chi connectivity index (χ2v) is 6.85. The summed E-state index contributed by atoms with van der Waals surface area (Å²) in [6, 6.07) is 22.5. The van der Waals surface area contributed by atoms with Crippen LogP contribution >= 0.6 is 23.2 Å². The Morgan fingerprint density at radius 3 is 2.46 bits per heavy atom. The first-order chi connectivity index (χ1) is 13.5. The Morgan fingerprint density at radius 2 is 1.71 bits per heavy atom. The maximum Gasteiger partial charge on any atom is 0.277 e. The van der Waals surface area contributed by atoms with Crippen molar-refractivity contribution in [1.82, 2.24) is 5.43 Å². The number of hydrazone groups is 1. The van der Waals surface area contributed by atoms with E-state index < -0.39 is 0 Å². The lowest BCUT2D eigenvalue weighted by Crippen LogP contribution is -2.25. The van der Waals surface area contributed by atoms with Gasteiger partial charge in [0.15, 0.2) is 6.61 Å². The lowest BCUT2D eigenvalue weighted by atomic mass is 10.1. The molecule has 0 saturated heterocycles. The van der Waals surface area contributed by atoms with Gasteiger partial charge in [-0.2, -0.15) is 5.10 Å². The van der Waals surface area contributed by atoms with Gasteiger partial charge in [0, 0.05) is 16.1 Å². The van der Waals surface area contributed by atoms with Gasteiger partial charge in [-0.3, -0.25) is 4.79 Å². The number of para-hydroxylation sites is 1. The van der Waals surface area contributed by atoms with Gasteiger partial charge >= 0.3 is 0 Å². The number of hydrogen-bond donors (Lipinski definition) is 1. The van der Waals surface area contributed by atoms with Gasteiger partial charge in [-0.15, -0.1) is 0 Å². The van der Waals surface area contributed by atoms with Crippen LogP contribution in [0, 0.1) is 0 Å². The molecule has 0 atom stereocenters. The Morgan fingerprint density at radius 1 is 1.00 bits per heavy atom. The van der Waals surface area contributed by atoms with Gasteiger partial charge in [0.2, 0.25) is 0 Å². The average molecular weight is 413 g/mol. The van der Waals surface area contributed by atoms with E-state index in [1.54, 1.807) is 25.1 Å². The Bertz CT molecular complexity index is 1000. The Kier molecular flexibility index (Phi) is 6.69. The zero-order chi connectivity index (χ0) is 19.9. The summed E-state index contributed by atoms with van der Waals surface area (Å²) in [5.74, 6) is 0.262. The summed E-state index contributed by atoms with van der Waals surface area (Å²) in [6.07, 6.45) is 0. The van der Waals surface area contributed by atoms with E-state index in [0.29, 0.717) is 27.1 Å². The Hall–Kier alpha value is -2.82. The first kappa shape index (κ1) is 19.9. The minimum atomic E-state index is -0.368. The lowest BCUT2D eigenvalue weighted by molar-refractivity contribution is -0.123. The summed E-state index contributed by atoms with van der Waals surface area (Å²) in [6.45, 7) is 1.59. The van der Waals surface area contributed by atoms with E-state index in [1.165, 1.54) is 0 Å². The molecule has 3 rings (SSSR count). The quantitative estimate of drug-likeness (QED) is 0.424. The number of halogens is 2. The summed E-state index contributed by atoms with van der Waals surface area (Å²) >= 11 is 12.0. The molecule has 0 spiro atoms. The molecule has 0 fully saturated rings. The molecule has 3 aromatic carbocycles. The number of rotatable bonds is 6. The number of hydrogen-bond acceptors (Lipinski definition) is 3. The van der Waals surface area contributed by atoms with Crippen LogP contribution in [0.25, 0.3) is 11.1 Å². The third-order valence-corrected chi connectivity index (χ3v) is 4.55. The highest BCUT2D eigenvalue weighted by atomic mass is 35.5. The number of nitrogens with zero attached hydrogens (tertiary/aromatic N) is 1. The highest BCUT2D eigenvalue weighted by Gasteiger charge is 2.09. The van der Waals surface area contributed by atoms with E-state index in [4.69, 9.17) is 27.9 Å². The van der Waals surface area contributed by atoms with Crippen molar-refractivity contribution in [3.63, 3.8) is 0 Å². The van der Waals surface area contributed by atoms with Gasteiger partial charge in [-0.1, -0.05) is 77.8 Å². The van der Waals surface area contributed by atoms with Gasteiger partial charge < -0.3 is 4.74 Å². The maximum atomic E-state index is 12.1. The maximum absolute atomic E-state index is 12.1.